The average molecular weight is 804 g/mol. The number of rotatable bonds is 7. The van der Waals surface area contributed by atoms with Crippen LogP contribution in [0.3, 0.4) is 0 Å². The first kappa shape index (κ1) is 37.2. The number of thiophene rings is 1. The van der Waals surface area contributed by atoms with Gasteiger partial charge in [0.2, 0.25) is 0 Å². The normalized spacial score (nSPS) is 17.0. The lowest BCUT2D eigenvalue weighted by Crippen LogP contribution is -2.14. The lowest BCUT2D eigenvalue weighted by atomic mass is 9.78. The number of benzene rings is 8. The second kappa shape index (κ2) is 15.3. The van der Waals surface area contributed by atoms with Gasteiger partial charge in [0.1, 0.15) is 11.2 Å². The van der Waals surface area contributed by atoms with Crippen LogP contribution in [0.2, 0.25) is 0 Å². The largest absolute Gasteiger partial charge is 0.456 e. The van der Waals surface area contributed by atoms with Gasteiger partial charge in [-0.05, 0) is 99.3 Å². The molecule has 2 nitrogen and oxygen atoms in total. The van der Waals surface area contributed by atoms with Crippen LogP contribution in [0.15, 0.2) is 203 Å². The van der Waals surface area contributed by atoms with Gasteiger partial charge in [-0.25, -0.2) is 0 Å². The minimum Gasteiger partial charge on any atom is -0.456 e. The Morgan fingerprint density at radius 3 is 1.90 bits per heavy atom. The van der Waals surface area contributed by atoms with E-state index in [9.17, 15) is 0 Å². The molecule has 1 aliphatic heterocycles. The average Bonchev–Trinajstić information content (AvgIpc) is 3.87. The summed E-state index contributed by atoms with van der Waals surface area (Å²) in [6, 6.07) is 68.3. The number of nitrogens with zero attached hydrogens (tertiary/aromatic N) is 1. The third kappa shape index (κ3) is 6.35. The van der Waals surface area contributed by atoms with Crippen molar-refractivity contribution in [1.29, 1.82) is 0 Å². The molecule has 0 spiro atoms. The minimum absolute atomic E-state index is 0.112. The van der Waals surface area contributed by atoms with E-state index < -0.39 is 0 Å². The zero-order chi connectivity index (χ0) is 41.0. The summed E-state index contributed by atoms with van der Waals surface area (Å²) in [4.78, 5) is 5.95. The van der Waals surface area contributed by atoms with E-state index in [2.05, 4.69) is 209 Å². The first-order chi connectivity index (χ1) is 30.1. The minimum atomic E-state index is -0.152. The Labute approximate surface area is 361 Å². The Kier molecular flexibility index (Phi) is 9.36. The topological polar surface area (TPSA) is 25.5 Å². The van der Waals surface area contributed by atoms with Crippen LogP contribution >= 0.6 is 11.3 Å². The van der Waals surface area contributed by atoms with E-state index in [4.69, 9.17) is 9.41 Å². The molecule has 0 amide bonds. The van der Waals surface area contributed by atoms with Crippen LogP contribution in [0.5, 0.6) is 0 Å². The maximum absolute atomic E-state index is 6.79. The molecule has 2 aromatic heterocycles. The highest BCUT2D eigenvalue weighted by atomic mass is 32.1. The first-order valence-corrected chi connectivity index (χ1v) is 22.3. The van der Waals surface area contributed by atoms with Crippen LogP contribution < -0.4 is 0 Å². The molecule has 1 aliphatic rings. The molecule has 0 bridgehead atoms. The highest BCUT2D eigenvalue weighted by molar-refractivity contribution is 7.26. The van der Waals surface area contributed by atoms with Crippen molar-refractivity contribution in [1.82, 2.24) is 0 Å². The lowest BCUT2D eigenvalue weighted by Gasteiger charge is -2.27. The smallest absolute Gasteiger partial charge is 0.135 e. The zero-order valence-corrected chi connectivity index (χ0v) is 35.4. The first-order valence-electron chi connectivity index (χ1n) is 21.5. The predicted octanol–water partition coefficient (Wildman–Crippen LogP) is 16.6. The molecule has 3 heterocycles. The molecular formula is C58H45NOS. The number of hydrogen-bond donors (Lipinski definition) is 0. The summed E-state index contributed by atoms with van der Waals surface area (Å²) in [5.41, 5.74) is 16.6. The maximum atomic E-state index is 6.79. The molecule has 294 valence electrons. The van der Waals surface area contributed by atoms with Crippen LogP contribution in [0.25, 0.3) is 81.1 Å². The molecule has 3 atom stereocenters. The van der Waals surface area contributed by atoms with Crippen molar-refractivity contribution in [2.24, 2.45) is 16.8 Å². The molecule has 0 N–H and O–H groups in total. The van der Waals surface area contributed by atoms with Crippen molar-refractivity contribution in [3.63, 3.8) is 0 Å². The van der Waals surface area contributed by atoms with E-state index in [1.807, 2.05) is 11.3 Å². The second-order valence-corrected chi connectivity index (χ2v) is 17.5. The fraction of sp³-hybridized carbons (Fsp3) is 0.121. The number of furan rings is 1. The van der Waals surface area contributed by atoms with Crippen LogP contribution in [0.4, 0.5) is 0 Å². The van der Waals surface area contributed by atoms with Crippen LogP contribution in [0, 0.1) is 11.8 Å². The van der Waals surface area contributed by atoms with Crippen molar-refractivity contribution < 1.29 is 4.42 Å². The highest BCUT2D eigenvalue weighted by Crippen LogP contribution is 2.50. The fourth-order valence-corrected chi connectivity index (χ4v) is 11.1. The van der Waals surface area contributed by atoms with Gasteiger partial charge in [0.25, 0.3) is 0 Å². The van der Waals surface area contributed by atoms with Crippen LogP contribution in [0.1, 0.15) is 49.9 Å². The highest BCUT2D eigenvalue weighted by Gasteiger charge is 2.35. The van der Waals surface area contributed by atoms with Gasteiger partial charge in [0.05, 0.1) is 6.04 Å². The van der Waals surface area contributed by atoms with Crippen molar-refractivity contribution >= 4 is 64.7 Å². The predicted molar refractivity (Wildman–Crippen MR) is 261 cm³/mol. The van der Waals surface area contributed by atoms with E-state index >= 15 is 0 Å². The third-order valence-electron chi connectivity index (χ3n) is 13.1. The summed E-state index contributed by atoms with van der Waals surface area (Å²) in [7, 11) is 0. The van der Waals surface area contributed by atoms with E-state index in [-0.39, 0.29) is 17.9 Å². The van der Waals surface area contributed by atoms with Crippen molar-refractivity contribution in [2.45, 2.75) is 33.2 Å². The number of hydrogen-bond acceptors (Lipinski definition) is 3. The molecular weight excluding hydrogens is 759 g/mol. The van der Waals surface area contributed by atoms with Gasteiger partial charge in [-0.1, -0.05) is 177 Å². The Morgan fingerprint density at radius 2 is 1.16 bits per heavy atom. The summed E-state index contributed by atoms with van der Waals surface area (Å²) in [5.74, 6) is 0.251. The molecule has 8 aromatic carbocycles. The van der Waals surface area contributed by atoms with E-state index in [0.717, 1.165) is 39.6 Å². The summed E-state index contributed by atoms with van der Waals surface area (Å²) >= 11 is 1.87. The van der Waals surface area contributed by atoms with E-state index in [1.54, 1.807) is 0 Å². The Morgan fingerprint density at radius 1 is 0.525 bits per heavy atom. The SMILES string of the molecule is CCC1C(c2ccccc2)=C(C)C(C)C(c2ccc(-c3ccccc3)cc2)=NC1c1cccc2oc3ccc(-c4c(-c5ccccc5)ccc5sc6ccccc6c45)cc3c12. The molecule has 61 heavy (non-hydrogen) atoms. The van der Waals surface area contributed by atoms with E-state index in [0.29, 0.717) is 0 Å². The molecule has 11 rings (SSSR count). The van der Waals surface area contributed by atoms with Gasteiger partial charge >= 0.3 is 0 Å². The standard InChI is InChI=1S/C58H45NOS/c1-4-44-53(41-21-12-7-13-22-41)36(2)37(3)57(42-29-27-39(28-30-42)38-17-8-5-9-18-38)59-58(44)47-24-16-25-50-55(47)48-35-43(31-33-49(48)60-50)54-45(40-19-10-6-11-20-40)32-34-52-56(54)46-23-14-15-26-51(46)61-52/h5-35,37,44,58H,4H2,1-3H3. The molecule has 3 unspecified atom stereocenters. The van der Waals surface area contributed by atoms with Crippen molar-refractivity contribution in [2.75, 3.05) is 0 Å². The van der Waals surface area contributed by atoms with Crippen molar-refractivity contribution in [3.8, 4) is 33.4 Å². The van der Waals surface area contributed by atoms with E-state index in [1.165, 1.54) is 75.8 Å². The summed E-state index contributed by atoms with van der Waals surface area (Å²) in [6.07, 6.45) is 0.938. The van der Waals surface area contributed by atoms with Gasteiger partial charge in [-0.3, -0.25) is 4.99 Å². The number of allylic oxidation sites excluding steroid dienone is 1. The van der Waals surface area contributed by atoms with Gasteiger partial charge in [-0.15, -0.1) is 11.3 Å². The molecule has 3 heteroatoms. The van der Waals surface area contributed by atoms with Crippen molar-refractivity contribution in [3.05, 3.63) is 210 Å². The van der Waals surface area contributed by atoms with Gasteiger partial charge in [0, 0.05) is 48.5 Å². The van der Waals surface area contributed by atoms with Crippen LogP contribution in [-0.4, -0.2) is 5.71 Å². The Hall–Kier alpha value is -6.81. The summed E-state index contributed by atoms with van der Waals surface area (Å²) in [6.45, 7) is 7.01. The third-order valence-corrected chi connectivity index (χ3v) is 14.2. The van der Waals surface area contributed by atoms with Gasteiger partial charge in [0.15, 0.2) is 0 Å². The Bertz CT molecular complexity index is 3300. The fourth-order valence-electron chi connectivity index (χ4n) is 10.0. The summed E-state index contributed by atoms with van der Waals surface area (Å²) < 4.78 is 9.39. The summed E-state index contributed by atoms with van der Waals surface area (Å²) in [5, 5.41) is 4.87. The maximum Gasteiger partial charge on any atom is 0.135 e. The molecule has 10 aromatic rings. The van der Waals surface area contributed by atoms with Crippen LogP contribution in [-0.2, 0) is 0 Å². The second-order valence-electron chi connectivity index (χ2n) is 16.5. The zero-order valence-electron chi connectivity index (χ0n) is 34.6. The lowest BCUT2D eigenvalue weighted by molar-refractivity contribution is 0.527. The monoisotopic (exact) mass is 803 g/mol. The molecule has 0 aliphatic carbocycles. The Balaban J connectivity index is 1.15. The number of fused-ring (bicyclic) bond motifs is 6. The molecule has 0 fully saturated rings. The molecule has 0 radical (unpaired) electrons. The molecule has 0 saturated carbocycles. The van der Waals surface area contributed by atoms with Gasteiger partial charge < -0.3 is 4.42 Å². The quantitative estimate of drug-likeness (QED) is 0.158. The number of aliphatic imine (C=N–C) groups is 1. The van der Waals surface area contributed by atoms with Gasteiger partial charge in [-0.2, -0.15) is 0 Å². The molecule has 0 saturated heterocycles.